The number of allylic oxidation sites excluding steroid dienone is 4. The molecule has 1 unspecified atom stereocenters. The van der Waals surface area contributed by atoms with E-state index in [1.54, 1.807) is 6.08 Å². The summed E-state index contributed by atoms with van der Waals surface area (Å²) in [5, 5.41) is 0. The van der Waals surface area contributed by atoms with Crippen LogP contribution in [0.3, 0.4) is 0 Å². The molecule has 64 valence electrons. The molecule has 0 N–H and O–H groups in total. The molecule has 1 aliphatic rings. The second-order valence-corrected chi connectivity index (χ2v) is 3.69. The van der Waals surface area contributed by atoms with Crippen molar-refractivity contribution in [2.75, 3.05) is 6.54 Å². The topological polar surface area (TPSA) is 12.4 Å². The first-order chi connectivity index (χ1) is 5.84. The molecular weight excluding hydrogens is 214 g/mol. The minimum atomic E-state index is 0.462. The van der Waals surface area contributed by atoms with E-state index in [1.165, 1.54) is 5.57 Å². The molecule has 0 saturated carbocycles. The highest BCUT2D eigenvalue weighted by Crippen LogP contribution is 2.18. The number of halogens is 1. The van der Waals surface area contributed by atoms with Crippen molar-refractivity contribution < 1.29 is 0 Å². The lowest BCUT2D eigenvalue weighted by atomic mass is 10.1. The van der Waals surface area contributed by atoms with Crippen molar-refractivity contribution in [1.29, 1.82) is 0 Å². The van der Waals surface area contributed by atoms with Gasteiger partial charge in [-0.15, -0.1) is 0 Å². The first kappa shape index (κ1) is 9.46. The summed E-state index contributed by atoms with van der Waals surface area (Å²) in [7, 11) is 0. The predicted octanol–water partition coefficient (Wildman–Crippen LogP) is 2.89. The first-order valence-electron chi connectivity index (χ1n) is 3.95. The number of alkyl halides is 1. The highest BCUT2D eigenvalue weighted by molar-refractivity contribution is 9.09. The van der Waals surface area contributed by atoms with Gasteiger partial charge in [0.2, 0.25) is 0 Å². The normalized spacial score (nSPS) is 26.8. The molecule has 1 atom stereocenters. The summed E-state index contributed by atoms with van der Waals surface area (Å²) >= 11 is 3.59. The van der Waals surface area contributed by atoms with Crippen LogP contribution in [-0.4, -0.2) is 17.6 Å². The summed E-state index contributed by atoms with van der Waals surface area (Å²) in [6.45, 7) is 4.42. The summed E-state index contributed by atoms with van der Waals surface area (Å²) in [4.78, 5) is 4.67. The van der Waals surface area contributed by atoms with E-state index in [9.17, 15) is 0 Å². The molecule has 0 aromatic carbocycles. The van der Waals surface area contributed by atoms with E-state index in [2.05, 4.69) is 33.6 Å². The van der Waals surface area contributed by atoms with Gasteiger partial charge in [-0.2, -0.15) is 0 Å². The zero-order valence-electron chi connectivity index (χ0n) is 6.91. The molecule has 1 aliphatic heterocycles. The van der Waals surface area contributed by atoms with Crippen LogP contribution in [0.4, 0.5) is 0 Å². The first-order valence-corrected chi connectivity index (χ1v) is 4.86. The molecule has 2 heteroatoms. The van der Waals surface area contributed by atoms with Gasteiger partial charge >= 0.3 is 0 Å². The van der Waals surface area contributed by atoms with E-state index >= 15 is 0 Å². The Balaban J connectivity index is 2.60. The van der Waals surface area contributed by atoms with E-state index < -0.39 is 0 Å². The Hall–Kier alpha value is -0.630. The number of nitrogens with zero attached hydrogens (tertiary/aromatic N) is 1. The molecule has 1 rings (SSSR count). The van der Waals surface area contributed by atoms with Crippen LogP contribution in [0.15, 0.2) is 41.4 Å². The van der Waals surface area contributed by atoms with Crippen molar-refractivity contribution in [3.05, 3.63) is 36.5 Å². The average molecular weight is 226 g/mol. The molecule has 0 bridgehead atoms. The van der Waals surface area contributed by atoms with E-state index in [0.29, 0.717) is 4.83 Å². The Morgan fingerprint density at radius 1 is 1.58 bits per heavy atom. The van der Waals surface area contributed by atoms with Crippen molar-refractivity contribution in [2.24, 2.45) is 4.99 Å². The maximum Gasteiger partial charge on any atom is 0.0609 e. The van der Waals surface area contributed by atoms with Gasteiger partial charge in [-0.25, -0.2) is 0 Å². The van der Waals surface area contributed by atoms with Crippen LogP contribution < -0.4 is 0 Å². The molecule has 0 radical (unpaired) electrons. The molecule has 12 heavy (non-hydrogen) atoms. The molecule has 0 spiro atoms. The van der Waals surface area contributed by atoms with Gasteiger partial charge in [-0.1, -0.05) is 46.8 Å². The third kappa shape index (κ3) is 2.78. The molecule has 0 aromatic heterocycles. The summed E-state index contributed by atoms with van der Waals surface area (Å²) in [6.07, 6.45) is 10.7. The van der Waals surface area contributed by atoms with Crippen LogP contribution in [0.2, 0.25) is 0 Å². The Bertz CT molecular complexity index is 238. The molecule has 1 nitrogen and oxygen atoms in total. The number of aliphatic imine (C=N–C) groups is 1. The fourth-order valence-electron chi connectivity index (χ4n) is 1.00. The molecule has 1 heterocycles. The minimum Gasteiger partial charge on any atom is -0.293 e. The van der Waals surface area contributed by atoms with Crippen molar-refractivity contribution in [3.63, 3.8) is 0 Å². The number of rotatable bonds is 2. The van der Waals surface area contributed by atoms with Crippen molar-refractivity contribution in [1.82, 2.24) is 0 Å². The third-order valence-corrected chi connectivity index (χ3v) is 2.64. The molecule has 0 amide bonds. The van der Waals surface area contributed by atoms with Gasteiger partial charge in [-0.3, -0.25) is 4.99 Å². The monoisotopic (exact) mass is 225 g/mol. The molecule has 0 aromatic rings. The zero-order chi connectivity index (χ0) is 8.81. The largest absolute Gasteiger partial charge is 0.293 e. The van der Waals surface area contributed by atoms with Gasteiger partial charge < -0.3 is 0 Å². The van der Waals surface area contributed by atoms with Gasteiger partial charge in [0.25, 0.3) is 0 Å². The van der Waals surface area contributed by atoms with Crippen molar-refractivity contribution in [3.8, 4) is 0 Å². The van der Waals surface area contributed by atoms with Crippen LogP contribution in [0, 0.1) is 0 Å². The van der Waals surface area contributed by atoms with E-state index in [4.69, 9.17) is 0 Å². The second-order valence-electron chi connectivity index (χ2n) is 2.59. The minimum absolute atomic E-state index is 0.462. The molecular formula is C10H12BrN. The maximum absolute atomic E-state index is 4.20. The fraction of sp³-hybridized carbons (Fsp3) is 0.300. The lowest BCUT2D eigenvalue weighted by Crippen LogP contribution is -2.11. The standard InChI is InChI=1S/C10H12BrN/c1-2-3-4-5-9-8-12-7-6-10(9)11/h2-5,7,10H,1,6,8H2/b4-3-,9-5+. The summed E-state index contributed by atoms with van der Waals surface area (Å²) < 4.78 is 0. The lowest BCUT2D eigenvalue weighted by Gasteiger charge is -2.13. The maximum atomic E-state index is 4.20. The fourth-order valence-corrected chi connectivity index (χ4v) is 1.47. The van der Waals surface area contributed by atoms with Crippen molar-refractivity contribution >= 4 is 22.1 Å². The third-order valence-electron chi connectivity index (χ3n) is 1.68. The van der Waals surface area contributed by atoms with Gasteiger partial charge in [0, 0.05) is 11.0 Å². The molecule has 0 saturated heterocycles. The smallest absolute Gasteiger partial charge is 0.0609 e. The van der Waals surface area contributed by atoms with Crippen LogP contribution in [-0.2, 0) is 0 Å². The summed E-state index contributed by atoms with van der Waals surface area (Å²) in [5.74, 6) is 0. The molecule has 0 fully saturated rings. The van der Waals surface area contributed by atoms with Gasteiger partial charge in [0.05, 0.1) is 6.54 Å². The predicted molar refractivity (Wildman–Crippen MR) is 58.1 cm³/mol. The Labute approximate surface area is 81.7 Å². The Kier molecular flexibility index (Phi) is 4.01. The van der Waals surface area contributed by atoms with Gasteiger partial charge in [0.1, 0.15) is 0 Å². The Morgan fingerprint density at radius 2 is 2.42 bits per heavy atom. The van der Waals surface area contributed by atoms with Crippen LogP contribution >= 0.6 is 15.9 Å². The quantitative estimate of drug-likeness (QED) is 0.507. The Morgan fingerprint density at radius 3 is 3.08 bits per heavy atom. The zero-order valence-corrected chi connectivity index (χ0v) is 8.50. The highest BCUT2D eigenvalue weighted by Gasteiger charge is 2.10. The SMILES string of the molecule is C=C/C=C\C=C1/CN=CCC1Br. The van der Waals surface area contributed by atoms with E-state index in [-0.39, 0.29) is 0 Å². The highest BCUT2D eigenvalue weighted by atomic mass is 79.9. The van der Waals surface area contributed by atoms with Crippen LogP contribution in [0.25, 0.3) is 0 Å². The van der Waals surface area contributed by atoms with Crippen molar-refractivity contribution in [2.45, 2.75) is 11.2 Å². The summed E-state index contributed by atoms with van der Waals surface area (Å²) in [5.41, 5.74) is 1.33. The number of hydrogen-bond acceptors (Lipinski definition) is 1. The summed E-state index contributed by atoms with van der Waals surface area (Å²) in [6, 6.07) is 0. The average Bonchev–Trinajstić information content (AvgIpc) is 2.09. The molecule has 0 aliphatic carbocycles. The number of hydrogen-bond donors (Lipinski definition) is 0. The van der Waals surface area contributed by atoms with Gasteiger partial charge in [-0.05, 0) is 12.0 Å². The van der Waals surface area contributed by atoms with E-state index in [1.807, 2.05) is 18.4 Å². The second kappa shape index (κ2) is 5.09. The van der Waals surface area contributed by atoms with Crippen LogP contribution in [0.1, 0.15) is 6.42 Å². The van der Waals surface area contributed by atoms with E-state index in [0.717, 1.165) is 13.0 Å². The van der Waals surface area contributed by atoms with Crippen LogP contribution in [0.5, 0.6) is 0 Å². The lowest BCUT2D eigenvalue weighted by molar-refractivity contribution is 0.950. The van der Waals surface area contributed by atoms with Gasteiger partial charge in [0.15, 0.2) is 0 Å².